The molecular formula is C9H15NO+. The van der Waals surface area contributed by atoms with Crippen LogP contribution in [0.2, 0.25) is 0 Å². The van der Waals surface area contributed by atoms with Crippen LogP contribution >= 0.6 is 0 Å². The Morgan fingerprint density at radius 1 is 1.36 bits per heavy atom. The molecule has 0 heterocycles. The maximum atomic E-state index is 11.1. The summed E-state index contributed by atoms with van der Waals surface area (Å²) in [6.07, 6.45) is 3.98. The van der Waals surface area contributed by atoms with Gasteiger partial charge in [-0.1, -0.05) is 25.0 Å². The molecule has 2 heteroatoms. The van der Waals surface area contributed by atoms with Crippen LogP contribution in [-0.2, 0) is 4.79 Å². The molecular weight excluding hydrogens is 138 g/mol. The molecule has 0 unspecified atom stereocenters. The normalized spacial score (nSPS) is 9.64. The van der Waals surface area contributed by atoms with E-state index in [4.69, 9.17) is 0 Å². The first-order valence-corrected chi connectivity index (χ1v) is 3.75. The molecule has 0 aliphatic carbocycles. The zero-order valence-electron chi connectivity index (χ0n) is 7.05. The minimum absolute atomic E-state index is 0.143. The average Bonchev–Trinajstić information content (AvgIpc) is 2.03. The van der Waals surface area contributed by atoms with Crippen LogP contribution < -0.4 is 4.90 Å². The Balaban J connectivity index is 3.95. The summed E-state index contributed by atoms with van der Waals surface area (Å²) in [6.45, 7) is 10.2. The topological polar surface area (TPSA) is 23.0 Å². The number of nitrogens with zero attached hydrogens (tertiary/aromatic N) is 1. The van der Waals surface area contributed by atoms with Crippen molar-refractivity contribution in [1.29, 1.82) is 0 Å². The molecule has 0 aromatic carbocycles. The van der Waals surface area contributed by atoms with Gasteiger partial charge in [0.15, 0.2) is 0 Å². The highest BCUT2D eigenvalue weighted by Crippen LogP contribution is 1.89. The molecule has 0 saturated heterocycles. The molecule has 0 aromatic rings. The summed E-state index contributed by atoms with van der Waals surface area (Å²) in [5.74, 6) is 0.143. The van der Waals surface area contributed by atoms with E-state index in [1.165, 1.54) is 0 Å². The third kappa shape index (κ3) is 3.73. The molecule has 0 aliphatic heterocycles. The molecule has 1 radical (unpaired) electrons. The first-order chi connectivity index (χ1) is 5.26. The molecule has 0 aromatic heterocycles. The lowest BCUT2D eigenvalue weighted by Crippen LogP contribution is -2.36. The van der Waals surface area contributed by atoms with E-state index in [0.717, 1.165) is 0 Å². The molecule has 0 aliphatic rings. The van der Waals surface area contributed by atoms with Gasteiger partial charge in [0.1, 0.15) is 13.1 Å². The fourth-order valence-electron chi connectivity index (χ4n) is 0.813. The lowest BCUT2D eigenvalue weighted by molar-refractivity contribution is -0.124. The summed E-state index contributed by atoms with van der Waals surface area (Å²) in [4.78, 5) is 12.8. The predicted molar refractivity (Wildman–Crippen MR) is 47.6 cm³/mol. The Kier molecular flexibility index (Phi) is 5.39. The van der Waals surface area contributed by atoms with Crippen molar-refractivity contribution >= 4 is 5.91 Å². The molecule has 0 fully saturated rings. The Bertz CT molecular complexity index is 142. The largest absolute Gasteiger partial charge is 0.361 e. The molecule has 0 spiro atoms. The third-order valence-corrected chi connectivity index (χ3v) is 1.35. The lowest BCUT2D eigenvalue weighted by atomic mass is 10.3. The van der Waals surface area contributed by atoms with E-state index in [1.807, 2.05) is 6.92 Å². The van der Waals surface area contributed by atoms with Gasteiger partial charge in [0, 0.05) is 0 Å². The molecule has 1 amide bonds. The summed E-state index contributed by atoms with van der Waals surface area (Å²) in [6, 6.07) is 0. The minimum atomic E-state index is 0.143. The monoisotopic (exact) mass is 153 g/mol. The van der Waals surface area contributed by atoms with Gasteiger partial charge in [0.05, 0.1) is 6.42 Å². The van der Waals surface area contributed by atoms with Crippen molar-refractivity contribution in [1.82, 2.24) is 4.90 Å². The van der Waals surface area contributed by atoms with E-state index in [1.54, 1.807) is 17.1 Å². The van der Waals surface area contributed by atoms with Gasteiger partial charge in [-0.3, -0.25) is 0 Å². The highest BCUT2D eigenvalue weighted by molar-refractivity contribution is 5.78. The second kappa shape index (κ2) is 5.86. The summed E-state index contributed by atoms with van der Waals surface area (Å²) < 4.78 is 0. The molecule has 11 heavy (non-hydrogen) atoms. The van der Waals surface area contributed by atoms with Gasteiger partial charge in [0.2, 0.25) is 0 Å². The Hall–Kier alpha value is -0.890. The molecule has 0 atom stereocenters. The van der Waals surface area contributed by atoms with E-state index in [9.17, 15) is 4.79 Å². The summed E-state index contributed by atoms with van der Waals surface area (Å²) in [5, 5.41) is 0. The van der Waals surface area contributed by atoms with Crippen molar-refractivity contribution < 1.29 is 4.79 Å². The fraction of sp³-hybridized carbons (Fsp3) is 0.444. The first-order valence-electron chi connectivity index (χ1n) is 3.75. The van der Waals surface area contributed by atoms with Gasteiger partial charge in [-0.05, 0) is 12.2 Å². The van der Waals surface area contributed by atoms with E-state index in [2.05, 4.69) is 13.2 Å². The van der Waals surface area contributed by atoms with Gasteiger partial charge in [0.25, 0.3) is 0 Å². The SMILES string of the molecule is C=CC[N+](CC=C)C(=O)CC. The van der Waals surface area contributed by atoms with Gasteiger partial charge >= 0.3 is 5.91 Å². The maximum absolute atomic E-state index is 11.1. The highest BCUT2D eigenvalue weighted by atomic mass is 16.2. The highest BCUT2D eigenvalue weighted by Gasteiger charge is 2.19. The first kappa shape index (κ1) is 10.1. The van der Waals surface area contributed by atoms with E-state index in [-0.39, 0.29) is 5.91 Å². The summed E-state index contributed by atoms with van der Waals surface area (Å²) >= 11 is 0. The predicted octanol–water partition coefficient (Wildman–Crippen LogP) is 1.44. The fourth-order valence-corrected chi connectivity index (χ4v) is 0.813. The van der Waals surface area contributed by atoms with Crippen molar-refractivity contribution in [3.8, 4) is 0 Å². The van der Waals surface area contributed by atoms with Crippen LogP contribution in [-0.4, -0.2) is 19.0 Å². The smallest absolute Gasteiger partial charge is 0.225 e. The van der Waals surface area contributed by atoms with Crippen molar-refractivity contribution in [3.05, 3.63) is 25.3 Å². The molecule has 0 rings (SSSR count). The Morgan fingerprint density at radius 2 is 1.82 bits per heavy atom. The number of amides is 1. The maximum Gasteiger partial charge on any atom is 0.361 e. The quantitative estimate of drug-likeness (QED) is 0.433. The van der Waals surface area contributed by atoms with Gasteiger partial charge in [-0.2, -0.15) is 0 Å². The van der Waals surface area contributed by atoms with Crippen LogP contribution in [0.25, 0.3) is 0 Å². The second-order valence-electron chi connectivity index (χ2n) is 2.23. The number of carbonyl (C=O) groups excluding carboxylic acids is 1. The van der Waals surface area contributed by atoms with Gasteiger partial charge in [-0.25, -0.2) is 4.79 Å². The van der Waals surface area contributed by atoms with Crippen molar-refractivity contribution in [2.45, 2.75) is 13.3 Å². The molecule has 2 nitrogen and oxygen atoms in total. The van der Waals surface area contributed by atoms with E-state index in [0.29, 0.717) is 19.5 Å². The van der Waals surface area contributed by atoms with Gasteiger partial charge in [-0.15, -0.1) is 0 Å². The van der Waals surface area contributed by atoms with Crippen molar-refractivity contribution in [2.24, 2.45) is 0 Å². The van der Waals surface area contributed by atoms with E-state index < -0.39 is 0 Å². The van der Waals surface area contributed by atoms with Crippen LogP contribution in [0.4, 0.5) is 0 Å². The van der Waals surface area contributed by atoms with Crippen LogP contribution in [0.1, 0.15) is 13.3 Å². The Labute approximate surface area is 68.2 Å². The standard InChI is InChI=1S/C9H15NO/c1-4-7-10(8-5-2)9(11)6-3/h4-5H,1-2,6-8H2,3H3/q+1. The van der Waals surface area contributed by atoms with E-state index >= 15 is 0 Å². The van der Waals surface area contributed by atoms with Crippen molar-refractivity contribution in [2.75, 3.05) is 13.1 Å². The zero-order valence-corrected chi connectivity index (χ0v) is 7.05. The van der Waals surface area contributed by atoms with Crippen LogP contribution in [0.5, 0.6) is 0 Å². The second-order valence-corrected chi connectivity index (χ2v) is 2.23. The number of hydrogen-bond donors (Lipinski definition) is 0. The van der Waals surface area contributed by atoms with Crippen LogP contribution in [0.15, 0.2) is 25.3 Å². The lowest BCUT2D eigenvalue weighted by Gasteiger charge is -2.02. The molecule has 0 saturated carbocycles. The zero-order chi connectivity index (χ0) is 8.69. The number of hydrogen-bond acceptors (Lipinski definition) is 1. The Morgan fingerprint density at radius 3 is 2.09 bits per heavy atom. The number of rotatable bonds is 5. The molecule has 61 valence electrons. The van der Waals surface area contributed by atoms with Gasteiger partial charge < -0.3 is 0 Å². The third-order valence-electron chi connectivity index (χ3n) is 1.35. The minimum Gasteiger partial charge on any atom is -0.225 e. The van der Waals surface area contributed by atoms with Crippen LogP contribution in [0.3, 0.4) is 0 Å². The summed E-state index contributed by atoms with van der Waals surface area (Å²) in [7, 11) is 0. The summed E-state index contributed by atoms with van der Waals surface area (Å²) in [5.41, 5.74) is 0. The molecule has 0 bridgehead atoms. The van der Waals surface area contributed by atoms with Crippen LogP contribution in [0, 0.1) is 0 Å². The number of carbonyl (C=O) groups is 1. The average molecular weight is 153 g/mol. The molecule has 0 N–H and O–H groups in total. The van der Waals surface area contributed by atoms with Crippen molar-refractivity contribution in [3.63, 3.8) is 0 Å².